The molecule has 1 aromatic heterocycles. The van der Waals surface area contributed by atoms with Gasteiger partial charge in [-0.15, -0.1) is 5.10 Å². The van der Waals surface area contributed by atoms with Crippen LogP contribution in [-0.4, -0.2) is 21.0 Å². The third kappa shape index (κ3) is 0.928. The van der Waals surface area contributed by atoms with Gasteiger partial charge >= 0.3 is 5.97 Å². The number of aromatic carboxylic acids is 1. The zero-order chi connectivity index (χ0) is 7.72. The van der Waals surface area contributed by atoms with Gasteiger partial charge in [-0.3, -0.25) is 0 Å². The summed E-state index contributed by atoms with van der Waals surface area (Å²) in [6, 6.07) is 1.41. The van der Waals surface area contributed by atoms with Gasteiger partial charge in [-0.1, -0.05) is 0 Å². The summed E-state index contributed by atoms with van der Waals surface area (Å²) in [6.07, 6.45) is 0. The summed E-state index contributed by atoms with van der Waals surface area (Å²) in [5.41, 5.74) is 0.595. The Balaban J connectivity index is 3.10. The maximum absolute atomic E-state index is 10.2. The van der Waals surface area contributed by atoms with Gasteiger partial charge in [0.1, 0.15) is 0 Å². The van der Waals surface area contributed by atoms with E-state index < -0.39 is 5.97 Å². The van der Waals surface area contributed by atoms with Crippen molar-refractivity contribution in [2.75, 3.05) is 5.84 Å². The molecule has 54 valence electrons. The Bertz CT molecular complexity index is 246. The third-order valence-corrected chi connectivity index (χ3v) is 1.14. The van der Waals surface area contributed by atoms with Gasteiger partial charge in [-0.2, -0.15) is 4.79 Å². The Morgan fingerprint density at radius 3 is 2.70 bits per heavy atom. The second-order valence-corrected chi connectivity index (χ2v) is 1.92. The lowest BCUT2D eigenvalue weighted by Gasteiger charge is -1.88. The van der Waals surface area contributed by atoms with E-state index in [0.29, 0.717) is 5.69 Å². The van der Waals surface area contributed by atoms with E-state index in [0.717, 1.165) is 4.79 Å². The van der Waals surface area contributed by atoms with E-state index in [-0.39, 0.29) is 5.69 Å². The van der Waals surface area contributed by atoms with Gasteiger partial charge in [0.2, 0.25) is 0 Å². The number of hydrogen-bond acceptors (Lipinski definition) is 3. The molecule has 5 nitrogen and oxygen atoms in total. The van der Waals surface area contributed by atoms with Crippen LogP contribution in [0.5, 0.6) is 0 Å². The van der Waals surface area contributed by atoms with Crippen LogP contribution < -0.4 is 5.84 Å². The molecule has 0 saturated heterocycles. The molecule has 1 aromatic rings. The first kappa shape index (κ1) is 6.60. The molecule has 0 aliphatic heterocycles. The largest absolute Gasteiger partial charge is 0.476 e. The minimum Gasteiger partial charge on any atom is -0.476 e. The molecular weight excluding hydrogens is 134 g/mol. The van der Waals surface area contributed by atoms with Crippen LogP contribution in [0.2, 0.25) is 0 Å². The zero-order valence-electron chi connectivity index (χ0n) is 5.40. The fourth-order valence-corrected chi connectivity index (χ4v) is 0.592. The van der Waals surface area contributed by atoms with E-state index >= 15 is 0 Å². The smallest absolute Gasteiger partial charge is 0.356 e. The number of hydrogen-bond donors (Lipinski definition) is 2. The van der Waals surface area contributed by atoms with Crippen LogP contribution in [0.1, 0.15) is 16.2 Å². The van der Waals surface area contributed by atoms with Gasteiger partial charge in [-0.25, -0.2) is 4.79 Å². The maximum Gasteiger partial charge on any atom is 0.356 e. The minimum absolute atomic E-state index is 0.0278. The van der Waals surface area contributed by atoms with Gasteiger partial charge in [-0.05, 0) is 13.0 Å². The van der Waals surface area contributed by atoms with Crippen molar-refractivity contribution in [1.82, 2.24) is 9.89 Å². The topological polar surface area (TPSA) is 81.1 Å². The Morgan fingerprint density at radius 1 is 1.90 bits per heavy atom. The molecule has 0 unspecified atom stereocenters. The Hall–Kier alpha value is -1.52. The van der Waals surface area contributed by atoms with E-state index in [9.17, 15) is 4.79 Å². The molecule has 5 heteroatoms. The van der Waals surface area contributed by atoms with Crippen molar-refractivity contribution in [1.29, 1.82) is 0 Å². The van der Waals surface area contributed by atoms with Crippen molar-refractivity contribution in [2.24, 2.45) is 0 Å². The summed E-state index contributed by atoms with van der Waals surface area (Å²) >= 11 is 0. The number of aromatic nitrogens is 2. The number of nitrogens with zero attached hydrogens (tertiary/aromatic N) is 2. The van der Waals surface area contributed by atoms with Crippen LogP contribution in [-0.2, 0) is 0 Å². The molecule has 10 heavy (non-hydrogen) atoms. The molecule has 1 rings (SSSR count). The second kappa shape index (κ2) is 2.02. The van der Waals surface area contributed by atoms with Crippen molar-refractivity contribution in [3.8, 4) is 0 Å². The highest BCUT2D eigenvalue weighted by Crippen LogP contribution is 1.98. The van der Waals surface area contributed by atoms with Crippen LogP contribution in [0.3, 0.4) is 0 Å². The molecule has 3 N–H and O–H groups in total. The monoisotopic (exact) mass is 141 g/mol. The molecule has 0 fully saturated rings. The van der Waals surface area contributed by atoms with Gasteiger partial charge < -0.3 is 10.9 Å². The number of nitrogens with two attached hydrogens (primary N) is 1. The van der Waals surface area contributed by atoms with Crippen LogP contribution in [0.15, 0.2) is 6.07 Å². The number of rotatable bonds is 1. The number of carboxylic acid groups (broad SMARTS) is 1. The Kier molecular flexibility index (Phi) is 1.33. The summed E-state index contributed by atoms with van der Waals surface area (Å²) < 4.78 is 0. The molecule has 1 heterocycles. The average Bonchev–Trinajstić information content (AvgIpc) is 2.13. The number of carboxylic acids is 1. The van der Waals surface area contributed by atoms with E-state index in [4.69, 9.17) is 10.9 Å². The van der Waals surface area contributed by atoms with Crippen molar-refractivity contribution >= 4 is 5.97 Å². The summed E-state index contributed by atoms with van der Waals surface area (Å²) in [5, 5.41) is 11.9. The molecule has 0 spiro atoms. The molecule has 0 aromatic carbocycles. The van der Waals surface area contributed by atoms with Crippen LogP contribution in [0, 0.1) is 6.92 Å². The van der Waals surface area contributed by atoms with Gasteiger partial charge in [0.25, 0.3) is 0 Å². The molecular formula is C5H7N3O2. The first-order valence-electron chi connectivity index (χ1n) is 2.66. The Labute approximate surface area is 57.0 Å². The maximum atomic E-state index is 10.2. The quantitative estimate of drug-likeness (QED) is 0.521. The molecule has 0 bridgehead atoms. The van der Waals surface area contributed by atoms with Crippen LogP contribution in [0.25, 0.3) is 0 Å². The standard InChI is InChI=1S/C5H7N3O2/c1-3-2-4(5(9)10)7-8(3)6/h2H,6H2,1H3,(H,9,10). The molecule has 0 radical (unpaired) electrons. The lowest BCUT2D eigenvalue weighted by atomic mass is 10.4. The fourth-order valence-electron chi connectivity index (χ4n) is 0.592. The average molecular weight is 141 g/mol. The van der Waals surface area contributed by atoms with Gasteiger partial charge in [0.15, 0.2) is 5.69 Å². The van der Waals surface area contributed by atoms with Crippen molar-refractivity contribution < 1.29 is 9.90 Å². The Morgan fingerprint density at radius 2 is 2.50 bits per heavy atom. The van der Waals surface area contributed by atoms with Crippen molar-refractivity contribution in [2.45, 2.75) is 6.92 Å². The highest BCUT2D eigenvalue weighted by atomic mass is 16.4. The molecule has 0 atom stereocenters. The van der Waals surface area contributed by atoms with E-state index in [2.05, 4.69) is 5.10 Å². The summed E-state index contributed by atoms with van der Waals surface area (Å²) in [5.74, 6) is 4.16. The minimum atomic E-state index is -1.06. The van der Waals surface area contributed by atoms with Gasteiger partial charge in [0, 0.05) is 0 Å². The molecule has 0 amide bonds. The van der Waals surface area contributed by atoms with E-state index in [1.807, 2.05) is 0 Å². The predicted molar refractivity (Wildman–Crippen MR) is 34.1 cm³/mol. The summed E-state index contributed by atoms with van der Waals surface area (Å²) in [4.78, 5) is 11.3. The lowest BCUT2D eigenvalue weighted by molar-refractivity contribution is 0.0690. The summed E-state index contributed by atoms with van der Waals surface area (Å²) in [6.45, 7) is 1.68. The summed E-state index contributed by atoms with van der Waals surface area (Å²) in [7, 11) is 0. The van der Waals surface area contributed by atoms with Crippen molar-refractivity contribution in [3.63, 3.8) is 0 Å². The lowest BCUT2D eigenvalue weighted by Crippen LogP contribution is -2.12. The fraction of sp³-hybridized carbons (Fsp3) is 0.200. The highest BCUT2D eigenvalue weighted by molar-refractivity contribution is 5.85. The predicted octanol–water partition coefficient (Wildman–Crippen LogP) is -0.396. The zero-order valence-corrected chi connectivity index (χ0v) is 5.40. The first-order chi connectivity index (χ1) is 4.61. The van der Waals surface area contributed by atoms with Crippen LogP contribution >= 0.6 is 0 Å². The number of nitrogen functional groups attached to an aromatic ring is 1. The van der Waals surface area contributed by atoms with E-state index in [1.54, 1.807) is 6.92 Å². The van der Waals surface area contributed by atoms with Gasteiger partial charge in [0.05, 0.1) is 5.69 Å². The number of carbonyl (C=O) groups is 1. The first-order valence-corrected chi connectivity index (χ1v) is 2.66. The van der Waals surface area contributed by atoms with E-state index in [1.165, 1.54) is 6.07 Å². The molecule has 0 aliphatic rings. The number of aryl methyl sites for hydroxylation is 1. The molecule has 0 aliphatic carbocycles. The third-order valence-electron chi connectivity index (χ3n) is 1.14. The highest BCUT2D eigenvalue weighted by Gasteiger charge is 2.07. The SMILES string of the molecule is Cc1cc(C(=O)O)nn1N. The normalized spacial score (nSPS) is 9.70. The van der Waals surface area contributed by atoms with Crippen molar-refractivity contribution in [3.05, 3.63) is 17.5 Å². The van der Waals surface area contributed by atoms with Crippen LogP contribution in [0.4, 0.5) is 0 Å². The second-order valence-electron chi connectivity index (χ2n) is 1.92. The molecule has 0 saturated carbocycles.